The molecule has 2 aromatic heterocycles. The smallest absolute Gasteiger partial charge is 0.258 e. The van der Waals surface area contributed by atoms with E-state index in [1.807, 2.05) is 28.9 Å². The van der Waals surface area contributed by atoms with E-state index in [9.17, 15) is 4.79 Å². The van der Waals surface area contributed by atoms with E-state index in [1.165, 1.54) is 24.2 Å². The first-order valence-corrected chi connectivity index (χ1v) is 11.5. The molecule has 164 valence electrons. The molecule has 1 saturated carbocycles. The number of H-pyrrole nitrogens is 1. The topological polar surface area (TPSA) is 90.1 Å². The number of hydrogen-bond acceptors (Lipinski definition) is 5. The van der Waals surface area contributed by atoms with Gasteiger partial charge in [-0.15, -0.1) is 5.10 Å². The number of piperidine rings is 1. The fourth-order valence-corrected chi connectivity index (χ4v) is 5.48. The van der Waals surface area contributed by atoms with Crippen LogP contribution in [0, 0.1) is 5.92 Å². The van der Waals surface area contributed by atoms with E-state index in [0.29, 0.717) is 12.0 Å². The van der Waals surface area contributed by atoms with Crippen LogP contribution in [0.15, 0.2) is 29.1 Å². The van der Waals surface area contributed by atoms with E-state index in [1.54, 1.807) is 7.11 Å². The Bertz CT molecular complexity index is 1120. The number of nitrogens with zero attached hydrogens (tertiary/aromatic N) is 4. The molecule has 1 aromatic carbocycles. The number of fused-ring (bicyclic) bond motifs is 1. The van der Waals surface area contributed by atoms with Crippen molar-refractivity contribution < 1.29 is 9.64 Å². The van der Waals surface area contributed by atoms with E-state index in [2.05, 4.69) is 27.4 Å². The minimum Gasteiger partial charge on any atom is -0.497 e. The summed E-state index contributed by atoms with van der Waals surface area (Å²) in [4.78, 5) is 17.8. The molecule has 3 aromatic rings. The Hall–Kier alpha value is -2.74. The van der Waals surface area contributed by atoms with Gasteiger partial charge in [0.1, 0.15) is 5.75 Å². The van der Waals surface area contributed by atoms with E-state index < -0.39 is 0 Å². The zero-order valence-corrected chi connectivity index (χ0v) is 18.3. The number of tetrazole rings is 1. The molecule has 5 rings (SSSR count). The summed E-state index contributed by atoms with van der Waals surface area (Å²) in [6.45, 7) is 4.32. The van der Waals surface area contributed by atoms with Crippen LogP contribution in [0.2, 0.25) is 0 Å². The third kappa shape index (κ3) is 3.84. The van der Waals surface area contributed by atoms with Crippen molar-refractivity contribution >= 4 is 10.9 Å². The van der Waals surface area contributed by atoms with Crippen LogP contribution in [0.4, 0.5) is 0 Å². The summed E-state index contributed by atoms with van der Waals surface area (Å²) in [5.74, 6) is 2.21. The van der Waals surface area contributed by atoms with Crippen molar-refractivity contribution in [3.63, 3.8) is 0 Å². The first kappa shape index (κ1) is 20.2. The van der Waals surface area contributed by atoms with Gasteiger partial charge in [0, 0.05) is 16.8 Å². The van der Waals surface area contributed by atoms with Crippen LogP contribution < -0.4 is 15.2 Å². The van der Waals surface area contributed by atoms with Gasteiger partial charge in [0.15, 0.2) is 6.04 Å². The highest BCUT2D eigenvalue weighted by atomic mass is 16.5. The van der Waals surface area contributed by atoms with Crippen molar-refractivity contribution in [2.45, 2.75) is 57.5 Å². The number of nitrogens with one attached hydrogen (secondary N) is 2. The standard InChI is InChI=1S/C23H30N6O2/c1-15-6-5-11-28(14-15)21(22-25-26-27-29(22)17-7-3-4-8-17)19-13-16-12-18(31-2)9-10-20(16)24-23(19)30/h9-10,12-13,15,17,21H,3-8,11,14H2,1-2H3,(H,24,30)/p+1/t15-,21-/m0/s1. The van der Waals surface area contributed by atoms with Gasteiger partial charge in [-0.05, 0) is 60.4 Å². The SMILES string of the molecule is COc1ccc2[nH]c(=O)c([C@@H](c3nnnn3C3CCCC3)[NH+]3CCC[C@H](C)C3)cc2c1. The molecule has 1 aliphatic carbocycles. The summed E-state index contributed by atoms with van der Waals surface area (Å²) in [6, 6.07) is 7.90. The highest BCUT2D eigenvalue weighted by Crippen LogP contribution is 2.31. The normalized spacial score (nSPS) is 23.3. The lowest BCUT2D eigenvalue weighted by Crippen LogP contribution is -3.14. The first-order chi connectivity index (χ1) is 15.1. The van der Waals surface area contributed by atoms with Crippen LogP contribution in [-0.4, -0.2) is 45.4 Å². The molecule has 2 N–H and O–H groups in total. The average molecular weight is 424 g/mol. The highest BCUT2D eigenvalue weighted by molar-refractivity contribution is 5.80. The van der Waals surface area contributed by atoms with Crippen molar-refractivity contribution in [2.24, 2.45) is 5.92 Å². The molecule has 0 radical (unpaired) electrons. The monoisotopic (exact) mass is 423 g/mol. The maximum absolute atomic E-state index is 13.3. The first-order valence-electron chi connectivity index (χ1n) is 11.5. The number of aromatic amines is 1. The Kier molecular flexibility index (Phi) is 5.48. The van der Waals surface area contributed by atoms with Gasteiger partial charge in [-0.25, -0.2) is 4.68 Å². The van der Waals surface area contributed by atoms with Gasteiger partial charge in [0.2, 0.25) is 5.82 Å². The molecule has 1 unspecified atom stereocenters. The van der Waals surface area contributed by atoms with Gasteiger partial charge < -0.3 is 14.6 Å². The van der Waals surface area contributed by atoms with Crippen LogP contribution in [0.1, 0.15) is 68.9 Å². The molecule has 1 aliphatic heterocycles. The van der Waals surface area contributed by atoms with Crippen molar-refractivity contribution in [3.05, 3.63) is 46.0 Å². The van der Waals surface area contributed by atoms with Crippen LogP contribution in [0.3, 0.4) is 0 Å². The second kappa shape index (κ2) is 8.42. The quantitative estimate of drug-likeness (QED) is 0.656. The van der Waals surface area contributed by atoms with Crippen molar-refractivity contribution in [1.29, 1.82) is 0 Å². The van der Waals surface area contributed by atoms with Crippen LogP contribution >= 0.6 is 0 Å². The van der Waals surface area contributed by atoms with Crippen LogP contribution in [-0.2, 0) is 0 Å². The van der Waals surface area contributed by atoms with Gasteiger partial charge in [-0.1, -0.05) is 19.8 Å². The molecule has 3 heterocycles. The summed E-state index contributed by atoms with van der Waals surface area (Å²) >= 11 is 0. The number of benzene rings is 1. The molecule has 0 amide bonds. The molecule has 8 heteroatoms. The van der Waals surface area contributed by atoms with Gasteiger partial charge in [0.05, 0.1) is 31.8 Å². The third-order valence-electron chi connectivity index (χ3n) is 7.05. The number of ether oxygens (including phenoxy) is 1. The number of pyridine rings is 1. The maximum Gasteiger partial charge on any atom is 0.258 e. The summed E-state index contributed by atoms with van der Waals surface area (Å²) in [5, 5.41) is 13.9. The second-order valence-electron chi connectivity index (χ2n) is 9.22. The number of methoxy groups -OCH3 is 1. The van der Waals surface area contributed by atoms with Gasteiger partial charge >= 0.3 is 0 Å². The van der Waals surface area contributed by atoms with E-state index in [0.717, 1.165) is 60.4 Å². The Morgan fingerprint density at radius 1 is 1.19 bits per heavy atom. The zero-order valence-electron chi connectivity index (χ0n) is 18.3. The van der Waals surface area contributed by atoms with Gasteiger partial charge in [0.25, 0.3) is 5.56 Å². The predicted molar refractivity (Wildman–Crippen MR) is 117 cm³/mol. The number of likely N-dealkylation sites (tertiary alicyclic amines) is 1. The molecule has 2 fully saturated rings. The number of rotatable bonds is 5. The Morgan fingerprint density at radius 2 is 2.03 bits per heavy atom. The Balaban J connectivity index is 1.65. The van der Waals surface area contributed by atoms with Crippen molar-refractivity contribution in [1.82, 2.24) is 25.2 Å². The van der Waals surface area contributed by atoms with Gasteiger partial charge in [-0.3, -0.25) is 4.79 Å². The molecular formula is C23H31N6O2+. The van der Waals surface area contributed by atoms with Gasteiger partial charge in [-0.2, -0.15) is 0 Å². The third-order valence-corrected chi connectivity index (χ3v) is 7.05. The predicted octanol–water partition coefficient (Wildman–Crippen LogP) is 2.04. The fraction of sp³-hybridized carbons (Fsp3) is 0.565. The molecule has 8 nitrogen and oxygen atoms in total. The molecule has 31 heavy (non-hydrogen) atoms. The summed E-state index contributed by atoms with van der Waals surface area (Å²) in [6.07, 6.45) is 6.99. The maximum atomic E-state index is 13.3. The lowest BCUT2D eigenvalue weighted by molar-refractivity contribution is -0.934. The van der Waals surface area contributed by atoms with E-state index in [4.69, 9.17) is 4.74 Å². The Labute approximate surface area is 181 Å². The fourth-order valence-electron chi connectivity index (χ4n) is 5.48. The molecule has 0 bridgehead atoms. The summed E-state index contributed by atoms with van der Waals surface area (Å²) in [7, 11) is 1.66. The van der Waals surface area contributed by atoms with E-state index in [-0.39, 0.29) is 11.6 Å². The largest absolute Gasteiger partial charge is 0.497 e. The second-order valence-corrected chi connectivity index (χ2v) is 9.22. The molecular weight excluding hydrogens is 392 g/mol. The van der Waals surface area contributed by atoms with E-state index >= 15 is 0 Å². The summed E-state index contributed by atoms with van der Waals surface area (Å²) < 4.78 is 7.42. The molecule has 2 aliphatic rings. The number of hydrogen-bond donors (Lipinski definition) is 2. The average Bonchev–Trinajstić information content (AvgIpc) is 3.46. The highest BCUT2D eigenvalue weighted by Gasteiger charge is 2.38. The van der Waals surface area contributed by atoms with Crippen LogP contribution in [0.25, 0.3) is 10.9 Å². The minimum absolute atomic E-state index is 0.0608. The van der Waals surface area contributed by atoms with Crippen molar-refractivity contribution in [3.8, 4) is 5.75 Å². The Morgan fingerprint density at radius 3 is 2.81 bits per heavy atom. The number of aromatic nitrogens is 5. The zero-order chi connectivity index (χ0) is 21.4. The minimum atomic E-state index is -0.183. The lowest BCUT2D eigenvalue weighted by atomic mass is 9.95. The summed E-state index contributed by atoms with van der Waals surface area (Å²) in [5.41, 5.74) is 1.49. The molecule has 1 saturated heterocycles. The molecule has 0 spiro atoms. The lowest BCUT2D eigenvalue weighted by Gasteiger charge is -2.33. The van der Waals surface area contributed by atoms with Crippen LogP contribution in [0.5, 0.6) is 5.75 Å². The number of quaternary nitrogens is 1. The molecule has 3 atom stereocenters. The van der Waals surface area contributed by atoms with Crippen molar-refractivity contribution in [2.75, 3.05) is 20.2 Å².